The van der Waals surface area contributed by atoms with Gasteiger partial charge in [-0.15, -0.1) is 0 Å². The molecule has 0 aliphatic carbocycles. The van der Waals surface area contributed by atoms with Crippen molar-refractivity contribution in [2.24, 2.45) is 0 Å². The van der Waals surface area contributed by atoms with Crippen molar-refractivity contribution in [2.45, 2.75) is 33.1 Å². The molecule has 0 unspecified atom stereocenters. The monoisotopic (exact) mass is 309 g/mol. The minimum atomic E-state index is -0.284. The zero-order valence-electron chi connectivity index (χ0n) is 12.8. The van der Waals surface area contributed by atoms with E-state index >= 15 is 0 Å². The molecule has 1 aromatic carbocycles. The molecule has 0 fully saturated rings. The molecule has 0 saturated carbocycles. The van der Waals surface area contributed by atoms with E-state index in [0.717, 1.165) is 31.4 Å². The molecule has 0 aromatic heterocycles. The normalized spacial score (nSPS) is 9.86. The summed E-state index contributed by atoms with van der Waals surface area (Å²) in [5.74, 6) is 0.245. The first-order chi connectivity index (χ1) is 10.1. The lowest BCUT2D eigenvalue weighted by molar-refractivity contribution is 0.0940. The molecule has 3 N–H and O–H groups in total. The average Bonchev–Trinajstić information content (AvgIpc) is 2.49. The van der Waals surface area contributed by atoms with Crippen molar-refractivity contribution in [1.29, 1.82) is 0 Å². The van der Waals surface area contributed by atoms with Gasteiger partial charge >= 0.3 is 0 Å². The number of amides is 1. The number of hydrazine groups is 1. The molecule has 0 bridgehead atoms. The van der Waals surface area contributed by atoms with Crippen LogP contribution in [0.5, 0.6) is 5.75 Å². The van der Waals surface area contributed by atoms with Gasteiger partial charge in [-0.2, -0.15) is 0 Å². The summed E-state index contributed by atoms with van der Waals surface area (Å²) >= 11 is 5.09. The SMILES string of the molecule is CCCCCNC(=S)NNC(=O)c1cc(C)ccc1OC. The third-order valence-corrected chi connectivity index (χ3v) is 3.20. The molecule has 6 heteroatoms. The quantitative estimate of drug-likeness (QED) is 0.427. The number of ether oxygens (including phenoxy) is 1. The van der Waals surface area contributed by atoms with E-state index in [4.69, 9.17) is 17.0 Å². The van der Waals surface area contributed by atoms with E-state index in [-0.39, 0.29) is 5.91 Å². The highest BCUT2D eigenvalue weighted by Crippen LogP contribution is 2.19. The Morgan fingerprint density at radius 2 is 2.05 bits per heavy atom. The molecule has 0 atom stereocenters. The first-order valence-corrected chi connectivity index (χ1v) is 7.48. The number of carbonyl (C=O) groups is 1. The second-order valence-electron chi connectivity index (χ2n) is 4.75. The van der Waals surface area contributed by atoms with E-state index < -0.39 is 0 Å². The maximum absolute atomic E-state index is 12.1. The number of thiocarbonyl (C=S) groups is 1. The predicted molar refractivity (Wildman–Crippen MR) is 88.5 cm³/mol. The van der Waals surface area contributed by atoms with Gasteiger partial charge in [-0.25, -0.2) is 0 Å². The molecule has 116 valence electrons. The smallest absolute Gasteiger partial charge is 0.273 e. The summed E-state index contributed by atoms with van der Waals surface area (Å²) in [5.41, 5.74) is 6.72. The number of unbranched alkanes of at least 4 members (excludes halogenated alkanes) is 2. The maximum Gasteiger partial charge on any atom is 0.273 e. The van der Waals surface area contributed by atoms with Crippen LogP contribution in [-0.4, -0.2) is 24.7 Å². The average molecular weight is 309 g/mol. The lowest BCUT2D eigenvalue weighted by Gasteiger charge is -2.13. The van der Waals surface area contributed by atoms with Crippen LogP contribution in [0.4, 0.5) is 0 Å². The Hall–Kier alpha value is -1.82. The van der Waals surface area contributed by atoms with E-state index in [1.54, 1.807) is 12.1 Å². The van der Waals surface area contributed by atoms with E-state index in [0.29, 0.717) is 16.4 Å². The van der Waals surface area contributed by atoms with Gasteiger partial charge in [-0.3, -0.25) is 15.6 Å². The minimum absolute atomic E-state index is 0.284. The molecular formula is C15H23N3O2S. The van der Waals surface area contributed by atoms with Crippen molar-refractivity contribution in [1.82, 2.24) is 16.2 Å². The molecule has 0 heterocycles. The first kappa shape index (κ1) is 17.2. The fourth-order valence-electron chi connectivity index (χ4n) is 1.80. The fraction of sp³-hybridized carbons (Fsp3) is 0.467. The third-order valence-electron chi connectivity index (χ3n) is 2.96. The molecule has 5 nitrogen and oxygen atoms in total. The van der Waals surface area contributed by atoms with E-state index in [2.05, 4.69) is 23.1 Å². The Kier molecular flexibility index (Phi) is 7.53. The number of benzene rings is 1. The second kappa shape index (κ2) is 9.18. The van der Waals surface area contributed by atoms with Crippen LogP contribution in [0.1, 0.15) is 42.1 Å². The number of rotatable bonds is 6. The number of carbonyl (C=O) groups excluding carboxylic acids is 1. The van der Waals surface area contributed by atoms with Crippen molar-refractivity contribution in [3.8, 4) is 5.75 Å². The van der Waals surface area contributed by atoms with Crippen LogP contribution in [0.3, 0.4) is 0 Å². The summed E-state index contributed by atoms with van der Waals surface area (Å²) in [6, 6.07) is 5.43. The van der Waals surface area contributed by atoms with Crippen molar-refractivity contribution >= 4 is 23.2 Å². The van der Waals surface area contributed by atoms with Crippen molar-refractivity contribution < 1.29 is 9.53 Å². The standard InChI is InChI=1S/C15H23N3O2S/c1-4-5-6-9-16-15(21)18-17-14(19)12-10-11(2)7-8-13(12)20-3/h7-8,10H,4-6,9H2,1-3H3,(H,17,19)(H2,16,18,21). The van der Waals surface area contributed by atoms with Crippen LogP contribution < -0.4 is 20.9 Å². The van der Waals surface area contributed by atoms with Gasteiger partial charge in [-0.05, 0) is 37.7 Å². The molecule has 0 aliphatic heterocycles. The maximum atomic E-state index is 12.1. The lowest BCUT2D eigenvalue weighted by Crippen LogP contribution is -2.47. The zero-order valence-corrected chi connectivity index (χ0v) is 13.6. The summed E-state index contributed by atoms with van der Waals surface area (Å²) in [6.07, 6.45) is 3.37. The molecule has 0 aliphatic rings. The highest BCUT2D eigenvalue weighted by molar-refractivity contribution is 7.80. The molecule has 1 aromatic rings. The number of nitrogens with one attached hydrogen (secondary N) is 3. The van der Waals surface area contributed by atoms with Gasteiger partial charge in [-0.1, -0.05) is 31.4 Å². The zero-order chi connectivity index (χ0) is 15.7. The fourth-order valence-corrected chi connectivity index (χ4v) is 1.95. The second-order valence-corrected chi connectivity index (χ2v) is 5.15. The van der Waals surface area contributed by atoms with Crippen LogP contribution in [0, 0.1) is 6.92 Å². The van der Waals surface area contributed by atoms with Gasteiger partial charge in [0.2, 0.25) is 0 Å². The Labute approximate surface area is 131 Å². The number of aryl methyl sites for hydroxylation is 1. The van der Waals surface area contributed by atoms with Crippen LogP contribution in [-0.2, 0) is 0 Å². The van der Waals surface area contributed by atoms with Gasteiger partial charge in [0, 0.05) is 6.54 Å². The Morgan fingerprint density at radius 3 is 2.71 bits per heavy atom. The van der Waals surface area contributed by atoms with Gasteiger partial charge in [0.1, 0.15) is 5.75 Å². The Morgan fingerprint density at radius 1 is 1.29 bits per heavy atom. The number of methoxy groups -OCH3 is 1. The first-order valence-electron chi connectivity index (χ1n) is 7.07. The molecule has 1 amide bonds. The van der Waals surface area contributed by atoms with Gasteiger partial charge < -0.3 is 10.1 Å². The minimum Gasteiger partial charge on any atom is -0.496 e. The van der Waals surface area contributed by atoms with Crippen LogP contribution in [0.25, 0.3) is 0 Å². The summed E-state index contributed by atoms with van der Waals surface area (Å²) < 4.78 is 5.18. The molecule has 0 radical (unpaired) electrons. The van der Waals surface area contributed by atoms with Crippen LogP contribution >= 0.6 is 12.2 Å². The summed E-state index contributed by atoms with van der Waals surface area (Å²) in [6.45, 7) is 4.86. The summed E-state index contributed by atoms with van der Waals surface area (Å²) in [7, 11) is 1.54. The molecular weight excluding hydrogens is 286 g/mol. The number of hydrogen-bond donors (Lipinski definition) is 3. The van der Waals surface area contributed by atoms with E-state index in [9.17, 15) is 4.79 Å². The van der Waals surface area contributed by atoms with Gasteiger partial charge in [0.15, 0.2) is 5.11 Å². The van der Waals surface area contributed by atoms with Gasteiger partial charge in [0.25, 0.3) is 5.91 Å². The van der Waals surface area contributed by atoms with Crippen LogP contribution in [0.2, 0.25) is 0 Å². The van der Waals surface area contributed by atoms with Gasteiger partial charge in [0.05, 0.1) is 12.7 Å². The molecule has 1 rings (SSSR count). The number of hydrogen-bond acceptors (Lipinski definition) is 3. The van der Waals surface area contributed by atoms with Crippen molar-refractivity contribution in [2.75, 3.05) is 13.7 Å². The van der Waals surface area contributed by atoms with Crippen molar-refractivity contribution in [3.05, 3.63) is 29.3 Å². The lowest BCUT2D eigenvalue weighted by atomic mass is 10.1. The van der Waals surface area contributed by atoms with E-state index in [1.165, 1.54) is 7.11 Å². The molecule has 21 heavy (non-hydrogen) atoms. The topological polar surface area (TPSA) is 62.4 Å². The highest BCUT2D eigenvalue weighted by atomic mass is 32.1. The molecule has 0 spiro atoms. The Balaban J connectivity index is 2.46. The van der Waals surface area contributed by atoms with Crippen molar-refractivity contribution in [3.63, 3.8) is 0 Å². The predicted octanol–water partition coefficient (Wildman–Crippen LogP) is 2.30. The summed E-state index contributed by atoms with van der Waals surface area (Å²) in [5, 5.41) is 3.45. The largest absolute Gasteiger partial charge is 0.496 e. The third kappa shape index (κ3) is 5.99. The Bertz CT molecular complexity index is 492. The molecule has 0 saturated heterocycles. The van der Waals surface area contributed by atoms with Crippen LogP contribution in [0.15, 0.2) is 18.2 Å². The summed E-state index contributed by atoms with van der Waals surface area (Å²) in [4.78, 5) is 12.1. The highest BCUT2D eigenvalue weighted by Gasteiger charge is 2.12. The van der Waals surface area contributed by atoms with E-state index in [1.807, 2.05) is 13.0 Å².